The Hall–Kier alpha value is -2.66. The number of hydrazone groups is 1. The van der Waals surface area contributed by atoms with Crippen molar-refractivity contribution < 1.29 is 0 Å². The van der Waals surface area contributed by atoms with Gasteiger partial charge in [0.05, 0.1) is 5.69 Å². The number of fused-ring (bicyclic) bond motifs is 3. The molecule has 0 spiro atoms. The van der Waals surface area contributed by atoms with Crippen LogP contribution in [0.25, 0.3) is 5.69 Å². The first-order valence-corrected chi connectivity index (χ1v) is 7.23. The molecule has 0 fully saturated rings. The fraction of sp³-hybridized carbons (Fsp3) is 0.0625. The van der Waals surface area contributed by atoms with E-state index < -0.39 is 0 Å². The van der Waals surface area contributed by atoms with Crippen LogP contribution in [0.1, 0.15) is 17.0 Å². The van der Waals surface area contributed by atoms with Crippen LogP contribution in [-0.4, -0.2) is 20.5 Å². The van der Waals surface area contributed by atoms with E-state index >= 15 is 0 Å². The van der Waals surface area contributed by atoms with E-state index in [4.69, 9.17) is 11.6 Å². The summed E-state index contributed by atoms with van der Waals surface area (Å²) in [4.78, 5) is 0. The zero-order chi connectivity index (χ0) is 15.1. The van der Waals surface area contributed by atoms with Crippen molar-refractivity contribution in [3.63, 3.8) is 0 Å². The number of aryl methyl sites for hydroxylation is 1. The average Bonchev–Trinajstić information content (AvgIpc) is 2.82. The van der Waals surface area contributed by atoms with Crippen LogP contribution in [-0.2, 0) is 0 Å². The topological polar surface area (TPSA) is 55.1 Å². The van der Waals surface area contributed by atoms with Crippen molar-refractivity contribution in [2.75, 3.05) is 5.43 Å². The molecule has 0 bridgehead atoms. The summed E-state index contributed by atoms with van der Waals surface area (Å²) in [6, 6.07) is 15.7. The summed E-state index contributed by atoms with van der Waals surface area (Å²) >= 11 is 6.21. The largest absolute Gasteiger partial charge is 0.264 e. The van der Waals surface area contributed by atoms with Crippen molar-refractivity contribution in [1.82, 2.24) is 14.8 Å². The maximum atomic E-state index is 6.21. The molecule has 108 valence electrons. The van der Waals surface area contributed by atoms with Gasteiger partial charge in [0, 0.05) is 16.1 Å². The molecule has 0 radical (unpaired) electrons. The lowest BCUT2D eigenvalue weighted by Gasteiger charge is -2.11. The second kappa shape index (κ2) is 4.96. The molecule has 0 atom stereocenters. The van der Waals surface area contributed by atoms with Gasteiger partial charge in [0.15, 0.2) is 0 Å². The summed E-state index contributed by atoms with van der Waals surface area (Å²) in [6.45, 7) is 1.91. The molecule has 2 heterocycles. The third-order valence-corrected chi connectivity index (χ3v) is 3.83. The molecule has 1 aliphatic rings. The third-order valence-electron chi connectivity index (χ3n) is 3.59. The summed E-state index contributed by atoms with van der Waals surface area (Å²) in [6.07, 6.45) is 0. The Morgan fingerprint density at radius 2 is 1.86 bits per heavy atom. The highest BCUT2D eigenvalue weighted by Gasteiger charge is 2.21. The highest BCUT2D eigenvalue weighted by Crippen LogP contribution is 2.28. The molecule has 2 aromatic carbocycles. The highest BCUT2D eigenvalue weighted by molar-refractivity contribution is 6.31. The first kappa shape index (κ1) is 13.0. The molecule has 0 amide bonds. The van der Waals surface area contributed by atoms with Crippen LogP contribution in [0.5, 0.6) is 0 Å². The van der Waals surface area contributed by atoms with Gasteiger partial charge in [-0.15, -0.1) is 10.2 Å². The number of benzene rings is 2. The molecule has 4 rings (SSSR count). The summed E-state index contributed by atoms with van der Waals surface area (Å²) < 4.78 is 1.94. The molecule has 0 unspecified atom stereocenters. The zero-order valence-electron chi connectivity index (χ0n) is 11.8. The van der Waals surface area contributed by atoms with E-state index in [2.05, 4.69) is 20.7 Å². The molecule has 0 aliphatic carbocycles. The monoisotopic (exact) mass is 309 g/mol. The van der Waals surface area contributed by atoms with Crippen molar-refractivity contribution in [3.8, 4) is 5.69 Å². The summed E-state index contributed by atoms with van der Waals surface area (Å²) in [7, 11) is 0. The smallest absolute Gasteiger partial charge is 0.249 e. The molecule has 22 heavy (non-hydrogen) atoms. The Morgan fingerprint density at radius 1 is 1.05 bits per heavy atom. The number of rotatable bonds is 1. The first-order valence-electron chi connectivity index (χ1n) is 6.85. The third kappa shape index (κ3) is 1.98. The molecule has 0 saturated heterocycles. The predicted octanol–water partition coefficient (Wildman–Crippen LogP) is 3.41. The van der Waals surface area contributed by atoms with Crippen molar-refractivity contribution in [1.29, 1.82) is 0 Å². The van der Waals surface area contributed by atoms with E-state index in [1.807, 2.05) is 60.0 Å². The fourth-order valence-electron chi connectivity index (χ4n) is 2.60. The number of hydrogen-bond acceptors (Lipinski definition) is 4. The van der Waals surface area contributed by atoms with Crippen LogP contribution in [0, 0.1) is 6.92 Å². The summed E-state index contributed by atoms with van der Waals surface area (Å²) in [5.74, 6) is 1.38. The van der Waals surface area contributed by atoms with Crippen LogP contribution in [0.3, 0.4) is 0 Å². The maximum Gasteiger partial charge on any atom is 0.249 e. The lowest BCUT2D eigenvalue weighted by Crippen LogP contribution is -2.07. The van der Waals surface area contributed by atoms with Gasteiger partial charge < -0.3 is 0 Å². The van der Waals surface area contributed by atoms with Crippen LogP contribution >= 0.6 is 11.6 Å². The quantitative estimate of drug-likeness (QED) is 0.749. The predicted molar refractivity (Wildman–Crippen MR) is 86.8 cm³/mol. The number of nitrogens with one attached hydrogen (secondary N) is 1. The Kier molecular flexibility index (Phi) is 2.94. The molecule has 5 nitrogen and oxygen atoms in total. The Bertz CT molecular complexity index is 883. The minimum absolute atomic E-state index is 0.590. The Labute approximate surface area is 132 Å². The van der Waals surface area contributed by atoms with Crippen LogP contribution in [0.15, 0.2) is 53.6 Å². The number of aromatic nitrogens is 3. The first-order chi connectivity index (χ1) is 10.7. The van der Waals surface area contributed by atoms with Gasteiger partial charge >= 0.3 is 0 Å². The van der Waals surface area contributed by atoms with Gasteiger partial charge in [-0.3, -0.25) is 4.57 Å². The number of halogens is 1. The number of hydrogen-bond donors (Lipinski definition) is 1. The average molecular weight is 310 g/mol. The molecule has 1 aromatic heterocycles. The van der Waals surface area contributed by atoms with Crippen molar-refractivity contribution in [3.05, 3.63) is 70.5 Å². The standard InChI is InChI=1S/C16H12ClN5/c1-10-18-20-16-21-19-15(11-5-3-2-4-6-11)13-9-12(17)7-8-14(13)22(10)16/h2-9H,1H3,(H,20,21). The molecule has 3 aromatic rings. The van der Waals surface area contributed by atoms with Crippen molar-refractivity contribution in [2.24, 2.45) is 5.10 Å². The second-order valence-electron chi connectivity index (χ2n) is 5.01. The summed E-state index contributed by atoms with van der Waals surface area (Å²) in [5.41, 5.74) is 6.72. The minimum Gasteiger partial charge on any atom is -0.264 e. The van der Waals surface area contributed by atoms with Crippen molar-refractivity contribution >= 4 is 23.3 Å². The van der Waals surface area contributed by atoms with E-state index in [1.165, 1.54) is 0 Å². The van der Waals surface area contributed by atoms with E-state index in [1.54, 1.807) is 0 Å². The molecule has 0 saturated carbocycles. The fourth-order valence-corrected chi connectivity index (χ4v) is 2.77. The number of nitrogens with zero attached hydrogens (tertiary/aromatic N) is 4. The minimum atomic E-state index is 0.590. The lowest BCUT2D eigenvalue weighted by atomic mass is 10.0. The van der Waals surface area contributed by atoms with E-state index in [-0.39, 0.29) is 0 Å². The van der Waals surface area contributed by atoms with Crippen LogP contribution < -0.4 is 5.43 Å². The molecular formula is C16H12ClN5. The van der Waals surface area contributed by atoms with Gasteiger partial charge in [0.25, 0.3) is 0 Å². The Balaban J connectivity index is 2.01. The van der Waals surface area contributed by atoms with Crippen LogP contribution in [0.4, 0.5) is 5.95 Å². The van der Waals surface area contributed by atoms with E-state index in [0.717, 1.165) is 28.4 Å². The van der Waals surface area contributed by atoms with Gasteiger partial charge in [-0.25, -0.2) is 5.43 Å². The Morgan fingerprint density at radius 3 is 2.68 bits per heavy atom. The molecule has 6 heteroatoms. The summed E-state index contributed by atoms with van der Waals surface area (Å²) in [5, 5.41) is 13.4. The second-order valence-corrected chi connectivity index (χ2v) is 5.44. The van der Waals surface area contributed by atoms with Gasteiger partial charge in [-0.05, 0) is 25.1 Å². The molecule has 1 aliphatic heterocycles. The van der Waals surface area contributed by atoms with Gasteiger partial charge in [-0.1, -0.05) is 41.9 Å². The SMILES string of the molecule is Cc1nnc2n1-c1ccc(Cl)cc1C(c1ccccc1)=NN2. The van der Waals surface area contributed by atoms with Gasteiger partial charge in [0.2, 0.25) is 5.95 Å². The normalized spacial score (nSPS) is 12.7. The van der Waals surface area contributed by atoms with Crippen molar-refractivity contribution in [2.45, 2.75) is 6.92 Å². The zero-order valence-corrected chi connectivity index (χ0v) is 12.5. The van der Waals surface area contributed by atoms with Gasteiger partial charge in [0.1, 0.15) is 11.5 Å². The van der Waals surface area contributed by atoms with Crippen LogP contribution in [0.2, 0.25) is 5.02 Å². The van der Waals surface area contributed by atoms with E-state index in [9.17, 15) is 0 Å². The lowest BCUT2D eigenvalue weighted by molar-refractivity contribution is 0.970. The molecular weight excluding hydrogens is 298 g/mol. The molecule has 1 N–H and O–H groups in total. The van der Waals surface area contributed by atoms with Gasteiger partial charge in [-0.2, -0.15) is 5.10 Å². The van der Waals surface area contributed by atoms with E-state index in [0.29, 0.717) is 11.0 Å². The highest BCUT2D eigenvalue weighted by atomic mass is 35.5. The maximum absolute atomic E-state index is 6.21. The number of anilines is 1.